The molecule has 0 radical (unpaired) electrons. The van der Waals surface area contributed by atoms with E-state index in [1.54, 1.807) is 23.1 Å². The van der Waals surface area contributed by atoms with Gasteiger partial charge < -0.3 is 0 Å². The van der Waals surface area contributed by atoms with Gasteiger partial charge in [-0.1, -0.05) is 102 Å². The molecule has 1 heterocycles. The van der Waals surface area contributed by atoms with Crippen molar-refractivity contribution in [3.05, 3.63) is 126 Å². The Hall–Kier alpha value is -3.41. The van der Waals surface area contributed by atoms with Gasteiger partial charge >= 0.3 is 0 Å². The van der Waals surface area contributed by atoms with Crippen molar-refractivity contribution in [1.29, 1.82) is 0 Å². The molecule has 1 aromatic heterocycles. The van der Waals surface area contributed by atoms with Crippen molar-refractivity contribution in [3.63, 3.8) is 0 Å². The van der Waals surface area contributed by atoms with E-state index in [0.29, 0.717) is 6.54 Å². The lowest BCUT2D eigenvalue weighted by molar-refractivity contribution is -0.119. The highest BCUT2D eigenvalue weighted by atomic mass is 32.2. The number of anilines is 1. The quantitative estimate of drug-likeness (QED) is 0.228. The van der Waals surface area contributed by atoms with E-state index in [4.69, 9.17) is 4.98 Å². The van der Waals surface area contributed by atoms with Crippen molar-refractivity contribution >= 4 is 44.4 Å². The lowest BCUT2D eigenvalue weighted by atomic mass is 9.90. The van der Waals surface area contributed by atoms with Gasteiger partial charge in [0.25, 0.3) is 0 Å². The number of nitrogens with zero attached hydrogens (tertiary/aromatic N) is 2. The van der Waals surface area contributed by atoms with Gasteiger partial charge in [0.05, 0.1) is 22.7 Å². The summed E-state index contributed by atoms with van der Waals surface area (Å²) in [5.41, 5.74) is 3.93. The van der Waals surface area contributed by atoms with Gasteiger partial charge in [-0.25, -0.2) is 4.98 Å². The molecule has 0 fully saturated rings. The van der Waals surface area contributed by atoms with Crippen LogP contribution in [-0.2, 0) is 11.3 Å². The third-order valence-electron chi connectivity index (χ3n) is 5.78. The smallest absolute Gasteiger partial charge is 0.241 e. The third kappa shape index (κ3) is 4.76. The van der Waals surface area contributed by atoms with E-state index in [1.807, 2.05) is 89.8 Å². The Morgan fingerprint density at radius 3 is 2.03 bits per heavy atom. The first-order valence-corrected chi connectivity index (χ1v) is 13.2. The number of rotatable bonds is 7. The van der Waals surface area contributed by atoms with Gasteiger partial charge in [0.15, 0.2) is 5.13 Å². The first-order valence-electron chi connectivity index (χ1n) is 11.1. The van der Waals surface area contributed by atoms with E-state index in [9.17, 15) is 4.79 Å². The van der Waals surface area contributed by atoms with Gasteiger partial charge in [-0.15, -0.1) is 11.8 Å². The SMILES string of the molecule is CSc1ccc2nc(N(Cc3ccccc3)C(=O)C(c3ccccc3)c3ccccc3)sc2c1. The summed E-state index contributed by atoms with van der Waals surface area (Å²) >= 11 is 3.28. The molecule has 0 aliphatic heterocycles. The third-order valence-corrected chi connectivity index (χ3v) is 7.54. The van der Waals surface area contributed by atoms with Crippen molar-refractivity contribution in [2.24, 2.45) is 0 Å². The maximum Gasteiger partial charge on any atom is 0.241 e. The first kappa shape index (κ1) is 22.4. The topological polar surface area (TPSA) is 33.2 Å². The van der Waals surface area contributed by atoms with Gasteiger partial charge in [-0.3, -0.25) is 9.69 Å². The number of thiazole rings is 1. The Balaban J connectivity index is 1.62. The van der Waals surface area contributed by atoms with Crippen LogP contribution in [0.1, 0.15) is 22.6 Å². The number of benzene rings is 4. The number of carbonyl (C=O) groups excluding carboxylic acids is 1. The summed E-state index contributed by atoms with van der Waals surface area (Å²) in [5.74, 6) is -0.398. The summed E-state index contributed by atoms with van der Waals surface area (Å²) in [6.07, 6.45) is 2.07. The van der Waals surface area contributed by atoms with E-state index >= 15 is 0 Å². The second kappa shape index (κ2) is 10.2. The van der Waals surface area contributed by atoms with Crippen LogP contribution in [0.4, 0.5) is 5.13 Å². The van der Waals surface area contributed by atoms with Crippen LogP contribution in [0.2, 0.25) is 0 Å². The molecule has 5 aromatic rings. The molecular weight excluding hydrogens is 456 g/mol. The summed E-state index contributed by atoms with van der Waals surface area (Å²) in [5, 5.41) is 0.721. The molecule has 5 heteroatoms. The standard InChI is InChI=1S/C29H24N2OS2/c1-33-24-17-18-25-26(19-24)34-29(30-25)31(20-21-11-5-2-6-12-21)28(32)27(22-13-7-3-8-14-22)23-15-9-4-10-16-23/h2-19,27H,20H2,1H3. The summed E-state index contributed by atoms with van der Waals surface area (Å²) in [7, 11) is 0. The molecule has 0 bridgehead atoms. The second-order valence-corrected chi connectivity index (χ2v) is 9.88. The largest absolute Gasteiger partial charge is 0.283 e. The molecule has 1 amide bonds. The molecule has 0 saturated heterocycles. The molecule has 168 valence electrons. The fourth-order valence-corrected chi connectivity index (χ4v) is 5.59. The zero-order chi connectivity index (χ0) is 23.3. The number of amides is 1. The molecule has 0 saturated carbocycles. The number of hydrogen-bond donors (Lipinski definition) is 0. The van der Waals surface area contributed by atoms with Crippen LogP contribution < -0.4 is 4.90 Å². The maximum absolute atomic E-state index is 14.3. The van der Waals surface area contributed by atoms with Crippen LogP contribution in [0.15, 0.2) is 114 Å². The van der Waals surface area contributed by atoms with Crippen LogP contribution in [0.25, 0.3) is 10.2 Å². The van der Waals surface area contributed by atoms with Crippen LogP contribution in [0, 0.1) is 0 Å². The highest BCUT2D eigenvalue weighted by Crippen LogP contribution is 2.35. The van der Waals surface area contributed by atoms with Crippen molar-refractivity contribution < 1.29 is 4.79 Å². The van der Waals surface area contributed by atoms with Crippen molar-refractivity contribution in [2.75, 3.05) is 11.2 Å². The van der Waals surface area contributed by atoms with Crippen molar-refractivity contribution in [3.8, 4) is 0 Å². The lowest BCUT2D eigenvalue weighted by Gasteiger charge is -2.26. The number of carbonyl (C=O) groups is 1. The van der Waals surface area contributed by atoms with E-state index in [0.717, 1.165) is 32.0 Å². The predicted octanol–water partition coefficient (Wildman–Crippen LogP) is 7.38. The van der Waals surface area contributed by atoms with Crippen molar-refractivity contribution in [2.45, 2.75) is 17.4 Å². The normalized spacial score (nSPS) is 11.1. The fourth-order valence-electron chi connectivity index (χ4n) is 4.07. The zero-order valence-corrected chi connectivity index (χ0v) is 20.4. The molecule has 0 atom stereocenters. The second-order valence-electron chi connectivity index (χ2n) is 7.99. The Labute approximate surface area is 208 Å². The Morgan fingerprint density at radius 2 is 1.44 bits per heavy atom. The van der Waals surface area contributed by atoms with E-state index in [2.05, 4.69) is 30.5 Å². The average molecular weight is 481 g/mol. The Bertz CT molecular complexity index is 1350. The maximum atomic E-state index is 14.3. The summed E-state index contributed by atoms with van der Waals surface area (Å²) in [4.78, 5) is 22.3. The monoisotopic (exact) mass is 480 g/mol. The molecule has 0 aliphatic rings. The molecular formula is C29H24N2OS2. The summed E-state index contributed by atoms with van der Waals surface area (Å²) in [6.45, 7) is 0.463. The summed E-state index contributed by atoms with van der Waals surface area (Å²) in [6, 6.07) is 36.4. The molecule has 34 heavy (non-hydrogen) atoms. The number of aromatic nitrogens is 1. The Morgan fingerprint density at radius 1 is 0.853 bits per heavy atom. The number of hydrogen-bond acceptors (Lipinski definition) is 4. The van der Waals surface area contributed by atoms with Crippen LogP contribution in [0.5, 0.6) is 0 Å². The molecule has 0 N–H and O–H groups in total. The molecule has 0 aliphatic carbocycles. The van der Waals surface area contributed by atoms with Gasteiger partial charge in [0.1, 0.15) is 0 Å². The molecule has 4 aromatic carbocycles. The van der Waals surface area contributed by atoms with Crippen LogP contribution in [0.3, 0.4) is 0 Å². The lowest BCUT2D eigenvalue weighted by Crippen LogP contribution is -2.35. The van der Waals surface area contributed by atoms with E-state index in [-0.39, 0.29) is 5.91 Å². The number of thioether (sulfide) groups is 1. The Kier molecular flexibility index (Phi) is 6.74. The van der Waals surface area contributed by atoms with E-state index < -0.39 is 5.92 Å². The minimum Gasteiger partial charge on any atom is -0.283 e. The first-order chi connectivity index (χ1) is 16.7. The molecule has 0 spiro atoms. The molecule has 3 nitrogen and oxygen atoms in total. The zero-order valence-electron chi connectivity index (χ0n) is 18.8. The van der Waals surface area contributed by atoms with Gasteiger partial charge in [-0.2, -0.15) is 0 Å². The minimum atomic E-state index is -0.417. The van der Waals surface area contributed by atoms with Gasteiger partial charge in [0.2, 0.25) is 5.91 Å². The predicted molar refractivity (Wildman–Crippen MR) is 144 cm³/mol. The average Bonchev–Trinajstić information content (AvgIpc) is 3.32. The molecule has 5 rings (SSSR count). The van der Waals surface area contributed by atoms with Gasteiger partial charge in [-0.05, 0) is 41.1 Å². The van der Waals surface area contributed by atoms with Gasteiger partial charge in [0, 0.05) is 4.90 Å². The highest BCUT2D eigenvalue weighted by Gasteiger charge is 2.30. The summed E-state index contributed by atoms with van der Waals surface area (Å²) < 4.78 is 1.09. The number of fused-ring (bicyclic) bond motifs is 1. The van der Waals surface area contributed by atoms with Crippen LogP contribution >= 0.6 is 23.1 Å². The minimum absolute atomic E-state index is 0.0189. The van der Waals surface area contributed by atoms with Crippen LogP contribution in [-0.4, -0.2) is 17.1 Å². The van der Waals surface area contributed by atoms with E-state index in [1.165, 1.54) is 4.90 Å². The van der Waals surface area contributed by atoms with Crippen molar-refractivity contribution in [1.82, 2.24) is 4.98 Å². The highest BCUT2D eigenvalue weighted by molar-refractivity contribution is 7.98. The fraction of sp³-hybridized carbons (Fsp3) is 0.103. The molecule has 0 unspecified atom stereocenters.